The minimum Gasteiger partial charge on any atom is -0.497 e. The molecule has 18 heavy (non-hydrogen) atoms. The molecule has 0 aliphatic carbocycles. The van der Waals surface area contributed by atoms with Gasteiger partial charge in [0, 0.05) is 11.6 Å². The molecule has 0 aliphatic heterocycles. The first kappa shape index (κ1) is 14.5. The van der Waals surface area contributed by atoms with E-state index in [4.69, 9.17) is 10.5 Å². The first-order chi connectivity index (χ1) is 8.58. The molecule has 1 atom stereocenters. The number of carbonyl (C=O) groups excluding carboxylic acids is 1. The van der Waals surface area contributed by atoms with Crippen molar-refractivity contribution in [1.82, 2.24) is 0 Å². The van der Waals surface area contributed by atoms with Gasteiger partial charge in [0.25, 0.3) is 0 Å². The van der Waals surface area contributed by atoms with E-state index in [1.807, 2.05) is 38.1 Å². The van der Waals surface area contributed by atoms with Crippen LogP contribution in [0.1, 0.15) is 20.3 Å². The number of hydrogen-bond acceptors (Lipinski definition) is 3. The number of nitrogens with one attached hydrogen (secondary N) is 1. The smallest absolute Gasteiger partial charge is 0.227 e. The summed E-state index contributed by atoms with van der Waals surface area (Å²) in [6, 6.07) is 7.30. The molecule has 3 N–H and O–H groups in total. The Morgan fingerprint density at radius 2 is 1.94 bits per heavy atom. The molecule has 0 heterocycles. The third-order valence-corrected chi connectivity index (χ3v) is 2.98. The molecule has 1 amide bonds. The Morgan fingerprint density at radius 1 is 1.33 bits per heavy atom. The van der Waals surface area contributed by atoms with E-state index in [1.54, 1.807) is 7.11 Å². The van der Waals surface area contributed by atoms with Crippen molar-refractivity contribution in [2.75, 3.05) is 19.0 Å². The van der Waals surface area contributed by atoms with Crippen molar-refractivity contribution in [2.24, 2.45) is 17.6 Å². The lowest BCUT2D eigenvalue weighted by Crippen LogP contribution is -2.29. The van der Waals surface area contributed by atoms with Gasteiger partial charge < -0.3 is 15.8 Å². The highest BCUT2D eigenvalue weighted by Crippen LogP contribution is 2.19. The SMILES string of the molecule is COc1ccc(NC(=O)C(CCN)C(C)C)cc1. The third kappa shape index (κ3) is 4.04. The molecule has 4 nitrogen and oxygen atoms in total. The van der Waals surface area contributed by atoms with Crippen LogP contribution >= 0.6 is 0 Å². The predicted octanol–water partition coefficient (Wildman–Crippen LogP) is 2.25. The Kier molecular flexibility index (Phi) is 5.65. The topological polar surface area (TPSA) is 64.3 Å². The van der Waals surface area contributed by atoms with E-state index >= 15 is 0 Å². The number of carbonyl (C=O) groups is 1. The number of rotatable bonds is 6. The Morgan fingerprint density at radius 3 is 2.39 bits per heavy atom. The Hall–Kier alpha value is -1.55. The lowest BCUT2D eigenvalue weighted by Gasteiger charge is -2.19. The Balaban J connectivity index is 2.66. The molecule has 0 radical (unpaired) electrons. The highest BCUT2D eigenvalue weighted by atomic mass is 16.5. The Labute approximate surface area is 109 Å². The first-order valence-corrected chi connectivity index (χ1v) is 6.23. The van der Waals surface area contributed by atoms with Crippen LogP contribution in [0.2, 0.25) is 0 Å². The molecule has 0 spiro atoms. The van der Waals surface area contributed by atoms with Gasteiger partial charge in [-0.15, -0.1) is 0 Å². The molecule has 0 bridgehead atoms. The summed E-state index contributed by atoms with van der Waals surface area (Å²) >= 11 is 0. The fourth-order valence-corrected chi connectivity index (χ4v) is 1.86. The number of amides is 1. The second-order valence-corrected chi connectivity index (χ2v) is 4.65. The number of hydrogen-bond donors (Lipinski definition) is 2. The van der Waals surface area contributed by atoms with Crippen molar-refractivity contribution in [3.63, 3.8) is 0 Å². The Bertz CT molecular complexity index is 374. The van der Waals surface area contributed by atoms with Gasteiger partial charge >= 0.3 is 0 Å². The molecule has 1 aromatic carbocycles. The van der Waals surface area contributed by atoms with Crippen LogP contribution in [0.15, 0.2) is 24.3 Å². The minimum absolute atomic E-state index is 0.0283. The van der Waals surface area contributed by atoms with E-state index in [-0.39, 0.29) is 17.7 Å². The number of benzene rings is 1. The van der Waals surface area contributed by atoms with Crippen LogP contribution in [0.4, 0.5) is 5.69 Å². The fraction of sp³-hybridized carbons (Fsp3) is 0.500. The molecule has 100 valence electrons. The summed E-state index contributed by atoms with van der Waals surface area (Å²) in [6.07, 6.45) is 0.708. The molecule has 0 fully saturated rings. The summed E-state index contributed by atoms with van der Waals surface area (Å²) in [6.45, 7) is 4.60. The van der Waals surface area contributed by atoms with Crippen LogP contribution < -0.4 is 15.8 Å². The van der Waals surface area contributed by atoms with E-state index in [1.165, 1.54) is 0 Å². The normalized spacial score (nSPS) is 12.3. The number of anilines is 1. The van der Waals surface area contributed by atoms with Crippen LogP contribution in [0.5, 0.6) is 5.75 Å². The van der Waals surface area contributed by atoms with Crippen LogP contribution in [0.25, 0.3) is 0 Å². The molecule has 0 saturated carbocycles. The van der Waals surface area contributed by atoms with Gasteiger partial charge in [-0.05, 0) is 43.1 Å². The van der Waals surface area contributed by atoms with Gasteiger partial charge in [-0.25, -0.2) is 0 Å². The van der Waals surface area contributed by atoms with E-state index in [9.17, 15) is 4.79 Å². The molecule has 1 unspecified atom stereocenters. The van der Waals surface area contributed by atoms with E-state index in [0.717, 1.165) is 11.4 Å². The van der Waals surface area contributed by atoms with Gasteiger partial charge in [-0.3, -0.25) is 4.79 Å². The largest absolute Gasteiger partial charge is 0.497 e. The van der Waals surface area contributed by atoms with E-state index in [0.29, 0.717) is 13.0 Å². The molecule has 4 heteroatoms. The van der Waals surface area contributed by atoms with Crippen molar-refractivity contribution >= 4 is 11.6 Å². The van der Waals surface area contributed by atoms with Gasteiger partial charge in [0.05, 0.1) is 7.11 Å². The maximum Gasteiger partial charge on any atom is 0.227 e. The highest BCUT2D eigenvalue weighted by molar-refractivity contribution is 5.92. The number of methoxy groups -OCH3 is 1. The van der Waals surface area contributed by atoms with Crippen molar-refractivity contribution in [3.8, 4) is 5.75 Å². The van der Waals surface area contributed by atoms with Crippen molar-refractivity contribution in [2.45, 2.75) is 20.3 Å². The molecular weight excluding hydrogens is 228 g/mol. The highest BCUT2D eigenvalue weighted by Gasteiger charge is 2.21. The second kappa shape index (κ2) is 7.01. The molecule has 0 aromatic heterocycles. The summed E-state index contributed by atoms with van der Waals surface area (Å²) in [7, 11) is 1.61. The van der Waals surface area contributed by atoms with Gasteiger partial charge in [0.2, 0.25) is 5.91 Å². The predicted molar refractivity (Wildman–Crippen MR) is 73.6 cm³/mol. The van der Waals surface area contributed by atoms with E-state index in [2.05, 4.69) is 5.32 Å². The minimum atomic E-state index is -0.0444. The maximum atomic E-state index is 12.1. The van der Waals surface area contributed by atoms with E-state index < -0.39 is 0 Å². The van der Waals surface area contributed by atoms with Crippen molar-refractivity contribution in [3.05, 3.63) is 24.3 Å². The van der Waals surface area contributed by atoms with Gasteiger partial charge in [0.15, 0.2) is 0 Å². The maximum absolute atomic E-state index is 12.1. The lowest BCUT2D eigenvalue weighted by molar-refractivity contribution is -0.121. The fourth-order valence-electron chi connectivity index (χ4n) is 1.86. The summed E-state index contributed by atoms with van der Waals surface area (Å²) in [5, 5.41) is 2.91. The van der Waals surface area contributed by atoms with Gasteiger partial charge in [0.1, 0.15) is 5.75 Å². The summed E-state index contributed by atoms with van der Waals surface area (Å²) in [4.78, 5) is 12.1. The van der Waals surface area contributed by atoms with Crippen LogP contribution in [0.3, 0.4) is 0 Å². The lowest BCUT2D eigenvalue weighted by atomic mass is 9.91. The second-order valence-electron chi connectivity index (χ2n) is 4.65. The third-order valence-electron chi connectivity index (χ3n) is 2.98. The molecular formula is C14H22N2O2. The zero-order chi connectivity index (χ0) is 13.5. The summed E-state index contributed by atoms with van der Waals surface area (Å²) in [5.74, 6) is 1.04. The average molecular weight is 250 g/mol. The average Bonchev–Trinajstić information content (AvgIpc) is 2.36. The molecule has 0 saturated heterocycles. The summed E-state index contributed by atoms with van der Waals surface area (Å²) in [5.41, 5.74) is 6.32. The van der Waals surface area contributed by atoms with Gasteiger partial charge in [-0.2, -0.15) is 0 Å². The first-order valence-electron chi connectivity index (χ1n) is 6.23. The monoisotopic (exact) mass is 250 g/mol. The van der Waals surface area contributed by atoms with Crippen molar-refractivity contribution < 1.29 is 9.53 Å². The number of ether oxygens (including phenoxy) is 1. The van der Waals surface area contributed by atoms with Crippen LogP contribution in [-0.4, -0.2) is 19.6 Å². The summed E-state index contributed by atoms with van der Waals surface area (Å²) < 4.78 is 5.07. The number of nitrogens with two attached hydrogens (primary N) is 1. The standard InChI is InChI=1S/C14H22N2O2/c1-10(2)13(8-9-15)14(17)16-11-4-6-12(18-3)7-5-11/h4-7,10,13H,8-9,15H2,1-3H3,(H,16,17). The van der Waals surface area contributed by atoms with Crippen molar-refractivity contribution in [1.29, 1.82) is 0 Å². The zero-order valence-electron chi connectivity index (χ0n) is 11.3. The van der Waals surface area contributed by atoms with Crippen LogP contribution in [0, 0.1) is 11.8 Å². The molecule has 1 aromatic rings. The molecule has 1 rings (SSSR count). The molecule has 0 aliphatic rings. The quantitative estimate of drug-likeness (QED) is 0.814. The van der Waals surface area contributed by atoms with Crippen LogP contribution in [-0.2, 0) is 4.79 Å². The van der Waals surface area contributed by atoms with Gasteiger partial charge in [-0.1, -0.05) is 13.8 Å². The zero-order valence-corrected chi connectivity index (χ0v) is 11.3.